The fourth-order valence-electron chi connectivity index (χ4n) is 2.30. The number of anilines is 1. The lowest BCUT2D eigenvalue weighted by atomic mass is 10.2. The Morgan fingerprint density at radius 2 is 1.84 bits per heavy atom. The average Bonchev–Trinajstić information content (AvgIpc) is 3.10. The lowest BCUT2D eigenvalue weighted by molar-refractivity contribution is 0.0992. The highest BCUT2D eigenvalue weighted by Crippen LogP contribution is 2.18. The van der Waals surface area contributed by atoms with Crippen molar-refractivity contribution in [3.05, 3.63) is 77.7 Å². The maximum atomic E-state index is 12.2. The third-order valence-corrected chi connectivity index (χ3v) is 3.60. The van der Waals surface area contributed by atoms with E-state index in [-0.39, 0.29) is 18.3 Å². The number of aryl methyl sites for hydroxylation is 1. The third-order valence-electron chi connectivity index (χ3n) is 3.60. The van der Waals surface area contributed by atoms with Gasteiger partial charge in [0.05, 0.1) is 7.11 Å². The van der Waals surface area contributed by atoms with Gasteiger partial charge in [-0.25, -0.2) is 0 Å². The van der Waals surface area contributed by atoms with Gasteiger partial charge in [-0.15, -0.1) is 0 Å². The van der Waals surface area contributed by atoms with Crippen LogP contribution in [0.25, 0.3) is 0 Å². The fraction of sp³-hybridized carbons (Fsp3) is 0.150. The van der Waals surface area contributed by atoms with E-state index in [1.54, 1.807) is 43.5 Å². The molecule has 0 radical (unpaired) electrons. The summed E-state index contributed by atoms with van der Waals surface area (Å²) in [6, 6.07) is 18.2. The van der Waals surface area contributed by atoms with Crippen LogP contribution < -0.4 is 14.8 Å². The Hall–Kier alpha value is -3.21. The maximum absolute atomic E-state index is 12.2. The van der Waals surface area contributed by atoms with Crippen LogP contribution in [0, 0.1) is 6.92 Å². The van der Waals surface area contributed by atoms with Crippen LogP contribution in [0.15, 0.2) is 65.1 Å². The summed E-state index contributed by atoms with van der Waals surface area (Å²) in [4.78, 5) is 12.2. The molecule has 128 valence electrons. The van der Waals surface area contributed by atoms with E-state index >= 15 is 0 Å². The molecule has 0 saturated heterocycles. The number of hydrogen-bond donors (Lipinski definition) is 1. The van der Waals surface area contributed by atoms with Crippen molar-refractivity contribution in [1.82, 2.24) is 0 Å². The summed E-state index contributed by atoms with van der Waals surface area (Å²) < 4.78 is 16.3. The average molecular weight is 337 g/mol. The number of hydrogen-bond acceptors (Lipinski definition) is 4. The largest absolute Gasteiger partial charge is 0.497 e. The molecule has 0 spiro atoms. The van der Waals surface area contributed by atoms with Crippen LogP contribution in [-0.4, -0.2) is 13.0 Å². The van der Waals surface area contributed by atoms with Gasteiger partial charge in [0.15, 0.2) is 5.76 Å². The van der Waals surface area contributed by atoms with E-state index in [1.807, 2.05) is 31.2 Å². The molecular weight excluding hydrogens is 318 g/mol. The second kappa shape index (κ2) is 7.57. The Morgan fingerprint density at radius 1 is 1.04 bits per heavy atom. The molecule has 2 aromatic carbocycles. The Balaban J connectivity index is 1.59. The minimum atomic E-state index is -0.313. The van der Waals surface area contributed by atoms with E-state index in [4.69, 9.17) is 13.9 Å². The molecule has 1 N–H and O–H groups in total. The first-order chi connectivity index (χ1) is 12.1. The molecule has 0 aliphatic heterocycles. The zero-order chi connectivity index (χ0) is 17.6. The van der Waals surface area contributed by atoms with Gasteiger partial charge in [-0.2, -0.15) is 0 Å². The molecule has 5 nitrogen and oxygen atoms in total. The summed E-state index contributed by atoms with van der Waals surface area (Å²) >= 11 is 0. The molecule has 3 aromatic rings. The predicted octanol–water partition coefficient (Wildman–Crippen LogP) is 4.43. The monoisotopic (exact) mass is 337 g/mol. The highest BCUT2D eigenvalue weighted by molar-refractivity contribution is 6.02. The summed E-state index contributed by atoms with van der Waals surface area (Å²) in [5, 5.41) is 2.78. The molecule has 0 aliphatic carbocycles. The van der Waals surface area contributed by atoms with E-state index in [9.17, 15) is 4.79 Å². The quantitative estimate of drug-likeness (QED) is 0.723. The summed E-state index contributed by atoms with van der Waals surface area (Å²) in [6.45, 7) is 2.26. The van der Waals surface area contributed by atoms with Crippen molar-refractivity contribution in [3.8, 4) is 11.5 Å². The highest BCUT2D eigenvalue weighted by Gasteiger charge is 2.12. The molecule has 1 heterocycles. The fourth-order valence-corrected chi connectivity index (χ4v) is 2.30. The first-order valence-electron chi connectivity index (χ1n) is 7.87. The number of carbonyl (C=O) groups is 1. The van der Waals surface area contributed by atoms with Crippen molar-refractivity contribution in [3.63, 3.8) is 0 Å². The van der Waals surface area contributed by atoms with Gasteiger partial charge in [0, 0.05) is 5.69 Å². The van der Waals surface area contributed by atoms with Crippen molar-refractivity contribution in [1.29, 1.82) is 0 Å². The molecule has 0 aliphatic rings. The number of carbonyl (C=O) groups excluding carboxylic acids is 1. The molecular formula is C20H19NO4. The summed E-state index contributed by atoms with van der Waals surface area (Å²) in [5.41, 5.74) is 1.79. The van der Waals surface area contributed by atoms with Crippen molar-refractivity contribution in [2.75, 3.05) is 12.4 Å². The van der Waals surface area contributed by atoms with Gasteiger partial charge >= 0.3 is 0 Å². The second-order valence-corrected chi connectivity index (χ2v) is 5.55. The van der Waals surface area contributed by atoms with Crippen molar-refractivity contribution >= 4 is 11.6 Å². The number of rotatable bonds is 6. The summed E-state index contributed by atoms with van der Waals surface area (Å²) in [6.07, 6.45) is 0. The van der Waals surface area contributed by atoms with Crippen molar-refractivity contribution < 1.29 is 18.7 Å². The van der Waals surface area contributed by atoms with Gasteiger partial charge in [0.1, 0.15) is 23.9 Å². The molecule has 0 atom stereocenters. The molecule has 1 amide bonds. The molecule has 0 bridgehead atoms. The van der Waals surface area contributed by atoms with Crippen LogP contribution >= 0.6 is 0 Å². The lowest BCUT2D eigenvalue weighted by Gasteiger charge is -2.05. The summed E-state index contributed by atoms with van der Waals surface area (Å²) in [5.74, 6) is 2.00. The van der Waals surface area contributed by atoms with E-state index in [1.165, 1.54) is 0 Å². The first kappa shape index (κ1) is 16.6. The molecule has 5 heteroatoms. The van der Waals surface area contributed by atoms with E-state index in [0.717, 1.165) is 17.1 Å². The van der Waals surface area contributed by atoms with Crippen LogP contribution in [0.1, 0.15) is 21.9 Å². The van der Waals surface area contributed by atoms with Crippen LogP contribution in [0.4, 0.5) is 5.69 Å². The van der Waals surface area contributed by atoms with Crippen molar-refractivity contribution in [2.24, 2.45) is 0 Å². The Kier molecular flexibility index (Phi) is 5.04. The number of ether oxygens (including phenoxy) is 2. The number of furan rings is 1. The molecule has 0 saturated carbocycles. The van der Waals surface area contributed by atoms with Crippen LogP contribution in [-0.2, 0) is 6.61 Å². The third kappa shape index (κ3) is 4.41. The number of benzene rings is 2. The SMILES string of the molecule is COc1ccc(NC(=O)c2ccc(COc3cccc(C)c3)o2)cc1. The maximum Gasteiger partial charge on any atom is 0.291 e. The van der Waals surface area contributed by atoms with E-state index < -0.39 is 0 Å². The van der Waals surface area contributed by atoms with E-state index in [2.05, 4.69) is 5.32 Å². The van der Waals surface area contributed by atoms with Gasteiger partial charge in [0.25, 0.3) is 5.91 Å². The van der Waals surface area contributed by atoms with Gasteiger partial charge in [-0.05, 0) is 61.0 Å². The first-order valence-corrected chi connectivity index (χ1v) is 7.87. The smallest absolute Gasteiger partial charge is 0.291 e. The molecule has 3 rings (SSSR count). The zero-order valence-electron chi connectivity index (χ0n) is 14.1. The molecule has 1 aromatic heterocycles. The number of amides is 1. The minimum Gasteiger partial charge on any atom is -0.497 e. The Morgan fingerprint density at radius 3 is 2.56 bits per heavy atom. The predicted molar refractivity (Wildman–Crippen MR) is 95.2 cm³/mol. The zero-order valence-corrected chi connectivity index (χ0v) is 14.1. The topological polar surface area (TPSA) is 60.7 Å². The summed E-state index contributed by atoms with van der Waals surface area (Å²) in [7, 11) is 1.59. The highest BCUT2D eigenvalue weighted by atomic mass is 16.5. The van der Waals surface area contributed by atoms with Crippen LogP contribution in [0.3, 0.4) is 0 Å². The molecule has 25 heavy (non-hydrogen) atoms. The van der Waals surface area contributed by atoms with Crippen LogP contribution in [0.5, 0.6) is 11.5 Å². The number of methoxy groups -OCH3 is 1. The molecule has 0 fully saturated rings. The Bertz CT molecular complexity index is 852. The molecule has 0 unspecified atom stereocenters. The van der Waals surface area contributed by atoms with E-state index in [0.29, 0.717) is 11.4 Å². The Labute approximate surface area is 146 Å². The normalized spacial score (nSPS) is 10.3. The van der Waals surface area contributed by atoms with Crippen molar-refractivity contribution in [2.45, 2.75) is 13.5 Å². The van der Waals surface area contributed by atoms with Gasteiger partial charge in [0.2, 0.25) is 0 Å². The number of nitrogens with one attached hydrogen (secondary N) is 1. The second-order valence-electron chi connectivity index (χ2n) is 5.55. The standard InChI is InChI=1S/C20H19NO4/c1-14-4-3-5-17(12-14)24-13-18-10-11-19(25-18)20(22)21-15-6-8-16(23-2)9-7-15/h3-12H,13H2,1-2H3,(H,21,22). The minimum absolute atomic E-state index is 0.235. The van der Waals surface area contributed by atoms with Gasteiger partial charge in [-0.3, -0.25) is 4.79 Å². The van der Waals surface area contributed by atoms with Gasteiger partial charge < -0.3 is 19.2 Å². The lowest BCUT2D eigenvalue weighted by Crippen LogP contribution is -2.10. The van der Waals surface area contributed by atoms with Crippen LogP contribution in [0.2, 0.25) is 0 Å². The van der Waals surface area contributed by atoms with Gasteiger partial charge in [-0.1, -0.05) is 12.1 Å².